The molecule has 5 heteroatoms. The third-order valence-electron chi connectivity index (χ3n) is 3.08. The number of pyridine rings is 1. The summed E-state index contributed by atoms with van der Waals surface area (Å²) in [6.07, 6.45) is 3.07. The molecular formula is C15H10N4O. The molecular weight excluding hydrogens is 252 g/mol. The van der Waals surface area contributed by atoms with Crippen LogP contribution in [0.2, 0.25) is 0 Å². The Morgan fingerprint density at radius 1 is 1.15 bits per heavy atom. The lowest BCUT2D eigenvalue weighted by Gasteiger charge is -2.07. The average Bonchev–Trinajstić information content (AvgIpc) is 2.51. The number of nitrogens with zero attached hydrogens (tertiary/aromatic N) is 4. The van der Waals surface area contributed by atoms with E-state index in [1.807, 2.05) is 12.1 Å². The van der Waals surface area contributed by atoms with Crippen molar-refractivity contribution in [2.24, 2.45) is 0 Å². The van der Waals surface area contributed by atoms with Gasteiger partial charge in [0.15, 0.2) is 5.65 Å². The van der Waals surface area contributed by atoms with E-state index in [-0.39, 0.29) is 5.56 Å². The summed E-state index contributed by atoms with van der Waals surface area (Å²) in [4.78, 5) is 20.5. The van der Waals surface area contributed by atoms with Gasteiger partial charge >= 0.3 is 0 Å². The van der Waals surface area contributed by atoms with Crippen LogP contribution in [-0.2, 0) is 6.54 Å². The SMILES string of the molecule is N#Cc1ccccc1Cn1cnc2ncccc2c1=O. The zero-order valence-corrected chi connectivity index (χ0v) is 10.5. The number of rotatable bonds is 2. The predicted octanol–water partition coefficient (Wildman–Crippen LogP) is 1.71. The van der Waals surface area contributed by atoms with Gasteiger partial charge in [0, 0.05) is 6.20 Å². The van der Waals surface area contributed by atoms with E-state index in [1.165, 1.54) is 10.9 Å². The molecule has 0 aliphatic heterocycles. The van der Waals surface area contributed by atoms with Crippen molar-refractivity contribution in [2.75, 3.05) is 0 Å². The molecule has 20 heavy (non-hydrogen) atoms. The topological polar surface area (TPSA) is 71.6 Å². The number of hydrogen-bond acceptors (Lipinski definition) is 4. The largest absolute Gasteiger partial charge is 0.294 e. The first-order chi connectivity index (χ1) is 9.79. The molecule has 0 spiro atoms. The maximum atomic E-state index is 12.3. The Labute approximate surface area is 114 Å². The van der Waals surface area contributed by atoms with Crippen molar-refractivity contribution in [1.82, 2.24) is 14.5 Å². The van der Waals surface area contributed by atoms with Crippen LogP contribution in [-0.4, -0.2) is 14.5 Å². The summed E-state index contributed by atoms with van der Waals surface area (Å²) in [6.45, 7) is 0.320. The fraction of sp³-hybridized carbons (Fsp3) is 0.0667. The second-order valence-electron chi connectivity index (χ2n) is 4.32. The van der Waals surface area contributed by atoms with E-state index in [4.69, 9.17) is 5.26 Å². The molecule has 0 fully saturated rings. The fourth-order valence-corrected chi connectivity index (χ4v) is 2.06. The van der Waals surface area contributed by atoms with E-state index in [2.05, 4.69) is 16.0 Å². The molecule has 0 saturated heterocycles. The molecule has 0 atom stereocenters. The van der Waals surface area contributed by atoms with E-state index in [9.17, 15) is 4.79 Å². The first-order valence-electron chi connectivity index (χ1n) is 6.08. The van der Waals surface area contributed by atoms with Gasteiger partial charge in [-0.1, -0.05) is 18.2 Å². The highest BCUT2D eigenvalue weighted by atomic mass is 16.1. The monoisotopic (exact) mass is 262 g/mol. The fourth-order valence-electron chi connectivity index (χ4n) is 2.06. The highest BCUT2D eigenvalue weighted by Gasteiger charge is 2.07. The molecule has 0 N–H and O–H groups in total. The number of fused-ring (bicyclic) bond motifs is 1. The van der Waals surface area contributed by atoms with Gasteiger partial charge in [-0.15, -0.1) is 0 Å². The van der Waals surface area contributed by atoms with Crippen LogP contribution in [0.5, 0.6) is 0 Å². The zero-order chi connectivity index (χ0) is 13.9. The predicted molar refractivity (Wildman–Crippen MR) is 74.1 cm³/mol. The molecule has 0 aliphatic carbocycles. The highest BCUT2D eigenvalue weighted by molar-refractivity contribution is 5.72. The highest BCUT2D eigenvalue weighted by Crippen LogP contribution is 2.09. The van der Waals surface area contributed by atoms with Crippen molar-refractivity contribution in [2.45, 2.75) is 6.54 Å². The standard InChI is InChI=1S/C15H10N4O/c16-8-11-4-1-2-5-12(11)9-19-10-18-14-13(15(19)20)6-3-7-17-14/h1-7,10H,9H2. The molecule has 0 unspecified atom stereocenters. The lowest BCUT2D eigenvalue weighted by atomic mass is 10.1. The number of nitriles is 1. The van der Waals surface area contributed by atoms with E-state index in [0.29, 0.717) is 23.1 Å². The van der Waals surface area contributed by atoms with Crippen LogP contribution in [0.4, 0.5) is 0 Å². The van der Waals surface area contributed by atoms with Crippen molar-refractivity contribution >= 4 is 11.0 Å². The van der Waals surface area contributed by atoms with Crippen molar-refractivity contribution in [3.63, 3.8) is 0 Å². The second-order valence-corrected chi connectivity index (χ2v) is 4.32. The molecule has 2 aromatic heterocycles. The van der Waals surface area contributed by atoms with Crippen LogP contribution in [0, 0.1) is 11.3 Å². The molecule has 3 rings (SSSR count). The van der Waals surface area contributed by atoms with Crippen molar-refractivity contribution in [1.29, 1.82) is 5.26 Å². The third-order valence-corrected chi connectivity index (χ3v) is 3.08. The smallest absolute Gasteiger partial charge is 0.263 e. The minimum absolute atomic E-state index is 0.157. The first-order valence-corrected chi connectivity index (χ1v) is 6.08. The van der Waals surface area contributed by atoms with Crippen molar-refractivity contribution in [3.05, 3.63) is 70.4 Å². The summed E-state index contributed by atoms with van der Waals surface area (Å²) in [5.41, 5.74) is 1.63. The summed E-state index contributed by atoms with van der Waals surface area (Å²) in [7, 11) is 0. The molecule has 3 aromatic rings. The molecule has 0 bridgehead atoms. The van der Waals surface area contributed by atoms with E-state index >= 15 is 0 Å². The van der Waals surface area contributed by atoms with E-state index < -0.39 is 0 Å². The Morgan fingerprint density at radius 3 is 2.85 bits per heavy atom. The van der Waals surface area contributed by atoms with E-state index in [1.54, 1.807) is 30.5 Å². The normalized spacial score (nSPS) is 10.3. The Balaban J connectivity index is 2.10. The summed E-state index contributed by atoms with van der Waals surface area (Å²) in [6, 6.07) is 12.7. The molecule has 2 heterocycles. The van der Waals surface area contributed by atoms with Crippen LogP contribution in [0.15, 0.2) is 53.7 Å². The van der Waals surface area contributed by atoms with Crippen LogP contribution >= 0.6 is 0 Å². The van der Waals surface area contributed by atoms with Crippen molar-refractivity contribution < 1.29 is 0 Å². The molecule has 1 aromatic carbocycles. The number of benzene rings is 1. The van der Waals surface area contributed by atoms with Gasteiger partial charge in [0.2, 0.25) is 0 Å². The van der Waals surface area contributed by atoms with Gasteiger partial charge in [-0.25, -0.2) is 9.97 Å². The molecule has 0 amide bonds. The third kappa shape index (κ3) is 2.04. The van der Waals surface area contributed by atoms with Crippen LogP contribution < -0.4 is 5.56 Å². The molecule has 0 aliphatic rings. The van der Waals surface area contributed by atoms with Crippen LogP contribution in [0.3, 0.4) is 0 Å². The summed E-state index contributed by atoms with van der Waals surface area (Å²) in [5.74, 6) is 0. The van der Waals surface area contributed by atoms with Crippen LogP contribution in [0.25, 0.3) is 11.0 Å². The van der Waals surface area contributed by atoms with Gasteiger partial charge in [-0.2, -0.15) is 5.26 Å². The first kappa shape index (κ1) is 12.1. The lowest BCUT2D eigenvalue weighted by molar-refractivity contribution is 0.745. The van der Waals surface area contributed by atoms with Crippen molar-refractivity contribution in [3.8, 4) is 6.07 Å². The molecule has 0 radical (unpaired) electrons. The Hall–Kier alpha value is -3.00. The molecule has 96 valence electrons. The Kier molecular flexibility index (Phi) is 2.98. The number of aromatic nitrogens is 3. The van der Waals surface area contributed by atoms with E-state index in [0.717, 1.165) is 5.56 Å². The Morgan fingerprint density at radius 2 is 2.00 bits per heavy atom. The minimum atomic E-state index is -0.157. The lowest BCUT2D eigenvalue weighted by Crippen LogP contribution is -2.21. The summed E-state index contributed by atoms with van der Waals surface area (Å²) < 4.78 is 1.49. The maximum Gasteiger partial charge on any atom is 0.263 e. The van der Waals surface area contributed by atoms with Gasteiger partial charge < -0.3 is 0 Å². The van der Waals surface area contributed by atoms with Crippen LogP contribution in [0.1, 0.15) is 11.1 Å². The zero-order valence-electron chi connectivity index (χ0n) is 10.5. The molecule has 5 nitrogen and oxygen atoms in total. The van der Waals surface area contributed by atoms with Gasteiger partial charge in [0.05, 0.1) is 23.6 Å². The van der Waals surface area contributed by atoms with Gasteiger partial charge in [-0.05, 0) is 23.8 Å². The van der Waals surface area contributed by atoms with Gasteiger partial charge in [0.1, 0.15) is 6.33 Å². The summed E-state index contributed by atoms with van der Waals surface area (Å²) in [5, 5.41) is 9.55. The maximum absolute atomic E-state index is 12.3. The average molecular weight is 262 g/mol. The summed E-state index contributed by atoms with van der Waals surface area (Å²) >= 11 is 0. The second kappa shape index (κ2) is 4.94. The Bertz CT molecular complexity index is 877. The minimum Gasteiger partial charge on any atom is -0.294 e. The van der Waals surface area contributed by atoms with Gasteiger partial charge in [0.25, 0.3) is 5.56 Å². The molecule has 0 saturated carbocycles. The quantitative estimate of drug-likeness (QED) is 0.704. The number of hydrogen-bond donors (Lipinski definition) is 0. The van der Waals surface area contributed by atoms with Gasteiger partial charge in [-0.3, -0.25) is 9.36 Å².